The molecule has 4 rings (SSSR count). The predicted molar refractivity (Wildman–Crippen MR) is 123 cm³/mol. The van der Waals surface area contributed by atoms with Crippen molar-refractivity contribution >= 4 is 23.2 Å². The van der Waals surface area contributed by atoms with Crippen LogP contribution in [0.15, 0.2) is 23.0 Å². The molecule has 0 heterocycles. The molecular formula is C25H29FN2O7. The summed E-state index contributed by atoms with van der Waals surface area (Å²) < 4.78 is 15.6. The number of phenols is 1. The molecule has 1 unspecified atom stereocenters. The topological polar surface area (TPSA) is 161 Å². The molecule has 0 bridgehead atoms. The summed E-state index contributed by atoms with van der Waals surface area (Å²) in [4.78, 5) is 39.4. The Balaban J connectivity index is 1.81. The van der Waals surface area contributed by atoms with E-state index in [1.807, 2.05) is 18.9 Å². The van der Waals surface area contributed by atoms with Crippen molar-refractivity contribution in [3.05, 3.63) is 45.5 Å². The van der Waals surface area contributed by atoms with E-state index in [4.69, 9.17) is 5.73 Å². The third kappa shape index (κ3) is 3.71. The van der Waals surface area contributed by atoms with Gasteiger partial charge in [-0.05, 0) is 44.8 Å². The molecule has 1 fully saturated rings. The van der Waals surface area contributed by atoms with Crippen molar-refractivity contribution in [3.63, 3.8) is 0 Å². The molecule has 1 aromatic carbocycles. The fraction of sp³-hybridized carbons (Fsp3) is 0.480. The average molecular weight is 489 g/mol. The number of fused-ring (bicyclic) bond motifs is 3. The number of rotatable bonds is 6. The lowest BCUT2D eigenvalue weighted by Gasteiger charge is -2.46. The Hall–Kier alpha value is -3.24. The molecule has 0 spiro atoms. The number of nitrogens with two attached hydrogens (primary N) is 1. The number of carbonyl (C=O) groups is 3. The number of Topliss-reactive ketones (excluding diaryl/α,β-unsaturated/α-hetero) is 2. The molecule has 0 radical (unpaired) electrons. The van der Waals surface area contributed by atoms with Gasteiger partial charge in [-0.1, -0.05) is 13.3 Å². The number of carbonyl (C=O) groups excluding carboxylic acids is 3. The Kier molecular flexibility index (Phi) is 6.23. The normalized spacial score (nSPS) is 26.1. The Morgan fingerprint density at radius 3 is 2.57 bits per heavy atom. The number of phenolic OH excluding ortho intramolecular Hbond substituents is 1. The quantitative estimate of drug-likeness (QED) is 0.379. The molecule has 188 valence electrons. The van der Waals surface area contributed by atoms with E-state index in [1.54, 1.807) is 0 Å². The highest BCUT2D eigenvalue weighted by Gasteiger charge is 2.60. The largest absolute Gasteiger partial charge is 0.508 e. The monoisotopic (exact) mass is 488 g/mol. The minimum Gasteiger partial charge on any atom is -0.508 e. The van der Waals surface area contributed by atoms with Crippen molar-refractivity contribution in [2.45, 2.75) is 51.2 Å². The van der Waals surface area contributed by atoms with Crippen molar-refractivity contribution in [2.24, 2.45) is 17.6 Å². The van der Waals surface area contributed by atoms with Crippen LogP contribution < -0.4 is 5.73 Å². The minimum atomic E-state index is -2.63. The number of primary amides is 1. The molecule has 0 aromatic heterocycles. The van der Waals surface area contributed by atoms with Gasteiger partial charge in [-0.25, -0.2) is 4.39 Å². The van der Waals surface area contributed by atoms with Crippen molar-refractivity contribution in [1.82, 2.24) is 4.90 Å². The van der Waals surface area contributed by atoms with E-state index in [9.17, 15) is 34.8 Å². The number of aliphatic hydroxyl groups excluding tert-OH is 2. The first-order valence-electron chi connectivity index (χ1n) is 11.6. The second-order valence-corrected chi connectivity index (χ2v) is 9.72. The number of unbranched alkanes of at least 4 members (excludes halogenated alkanes) is 1. The Labute approximate surface area is 201 Å². The number of nitrogens with zero attached hydrogens (tertiary/aromatic N) is 1. The van der Waals surface area contributed by atoms with E-state index in [0.717, 1.165) is 19.4 Å². The van der Waals surface area contributed by atoms with Gasteiger partial charge >= 0.3 is 0 Å². The highest BCUT2D eigenvalue weighted by atomic mass is 19.1. The molecule has 3 aliphatic carbocycles. The van der Waals surface area contributed by atoms with E-state index in [1.165, 1.54) is 6.07 Å². The van der Waals surface area contributed by atoms with Crippen molar-refractivity contribution < 1.29 is 39.2 Å². The molecule has 1 aromatic rings. The number of hydrogen-bond acceptors (Lipinski definition) is 8. The lowest BCUT2D eigenvalue weighted by atomic mass is 9.59. The maximum absolute atomic E-state index is 15.6. The maximum Gasteiger partial charge on any atom is 0.255 e. The van der Waals surface area contributed by atoms with Crippen LogP contribution >= 0.6 is 0 Å². The number of benzene rings is 1. The van der Waals surface area contributed by atoms with Gasteiger partial charge in [0.1, 0.15) is 28.7 Å². The van der Waals surface area contributed by atoms with Crippen LogP contribution in [-0.4, -0.2) is 62.0 Å². The minimum absolute atomic E-state index is 0.0379. The number of hydrogen-bond donors (Lipinski definition) is 5. The van der Waals surface area contributed by atoms with Gasteiger partial charge < -0.3 is 31.1 Å². The molecule has 1 saturated carbocycles. The molecule has 3 atom stereocenters. The Bertz CT molecular complexity index is 1200. The molecule has 0 aliphatic heterocycles. The van der Waals surface area contributed by atoms with Crippen molar-refractivity contribution in [3.8, 4) is 5.75 Å². The van der Waals surface area contributed by atoms with Crippen LogP contribution in [-0.2, 0) is 27.3 Å². The zero-order valence-electron chi connectivity index (χ0n) is 19.6. The Morgan fingerprint density at radius 1 is 1.26 bits per heavy atom. The van der Waals surface area contributed by atoms with E-state index in [-0.39, 0.29) is 41.6 Å². The summed E-state index contributed by atoms with van der Waals surface area (Å²) in [5.41, 5.74) is 1.45. The zero-order valence-corrected chi connectivity index (χ0v) is 19.6. The molecule has 10 heteroatoms. The average Bonchev–Trinajstić information content (AvgIpc) is 2.77. The molecule has 6 N–H and O–H groups in total. The van der Waals surface area contributed by atoms with Crippen LogP contribution in [0.4, 0.5) is 4.39 Å². The maximum atomic E-state index is 15.6. The first kappa shape index (κ1) is 24.9. The molecule has 1 amide bonds. The van der Waals surface area contributed by atoms with Crippen LogP contribution in [0.25, 0.3) is 5.76 Å². The van der Waals surface area contributed by atoms with Crippen LogP contribution in [0.3, 0.4) is 0 Å². The SMILES string of the molecule is CCCCN(C)Cc1cc(O)c2c(c1F)CC1C[C@H]3CC(=O)C(C(N)=O)=C(O)[C@@]3(O)C(=O)C1=C2O. The van der Waals surface area contributed by atoms with Gasteiger partial charge in [0.25, 0.3) is 5.91 Å². The fourth-order valence-electron chi connectivity index (χ4n) is 5.64. The van der Waals surface area contributed by atoms with E-state index < -0.39 is 70.0 Å². The fourth-order valence-corrected chi connectivity index (χ4v) is 5.64. The second kappa shape index (κ2) is 8.76. The van der Waals surface area contributed by atoms with Crippen molar-refractivity contribution in [1.29, 1.82) is 0 Å². The van der Waals surface area contributed by atoms with E-state index in [0.29, 0.717) is 0 Å². The number of aromatic hydroxyl groups is 1. The number of halogens is 1. The summed E-state index contributed by atoms with van der Waals surface area (Å²) in [6.45, 7) is 3.01. The second-order valence-electron chi connectivity index (χ2n) is 9.72. The summed E-state index contributed by atoms with van der Waals surface area (Å²) in [6.07, 6.45) is 1.39. The van der Waals surface area contributed by atoms with Crippen LogP contribution in [0.2, 0.25) is 0 Å². The summed E-state index contributed by atoms with van der Waals surface area (Å²) >= 11 is 0. The van der Waals surface area contributed by atoms with Gasteiger partial charge in [-0.3, -0.25) is 14.4 Å². The van der Waals surface area contributed by atoms with Gasteiger partial charge in [0.15, 0.2) is 11.4 Å². The molecule has 0 saturated heterocycles. The Morgan fingerprint density at radius 2 is 1.94 bits per heavy atom. The van der Waals surface area contributed by atoms with Crippen LogP contribution in [0.1, 0.15) is 49.3 Å². The molecular weight excluding hydrogens is 459 g/mol. The summed E-state index contributed by atoms with van der Waals surface area (Å²) in [6, 6.07) is 1.21. The van der Waals surface area contributed by atoms with Gasteiger partial charge in [0, 0.05) is 35.6 Å². The highest BCUT2D eigenvalue weighted by Crippen LogP contribution is 2.52. The summed E-state index contributed by atoms with van der Waals surface area (Å²) in [5.74, 6) is -7.88. The smallest absolute Gasteiger partial charge is 0.255 e. The predicted octanol–water partition coefficient (Wildman–Crippen LogP) is 1.79. The number of ketones is 2. The summed E-state index contributed by atoms with van der Waals surface area (Å²) in [5, 5.41) is 43.4. The van der Waals surface area contributed by atoms with Crippen LogP contribution in [0.5, 0.6) is 5.75 Å². The number of aliphatic hydroxyl groups is 3. The molecule has 3 aliphatic rings. The first-order valence-corrected chi connectivity index (χ1v) is 11.6. The lowest BCUT2D eigenvalue weighted by molar-refractivity contribution is -0.147. The standard InChI is InChI=1S/C25H29FN2O7/c1-3-4-5-28(2)10-12-8-15(29)18-14(20(12)26)7-11-6-13-9-16(30)19(24(27)34)23(33)25(13,35)22(32)17(11)21(18)31/h8,11,13,29,31,33,35H,3-7,9-10H2,1-2H3,(H2,27,34)/t11?,13-,25-/m0/s1. The number of amides is 1. The lowest BCUT2D eigenvalue weighted by Crippen LogP contribution is -2.58. The van der Waals surface area contributed by atoms with Gasteiger partial charge in [0.2, 0.25) is 5.78 Å². The summed E-state index contributed by atoms with van der Waals surface area (Å²) in [7, 11) is 1.84. The van der Waals surface area contributed by atoms with Crippen LogP contribution in [0, 0.1) is 17.7 Å². The van der Waals surface area contributed by atoms with Crippen molar-refractivity contribution in [2.75, 3.05) is 13.6 Å². The van der Waals surface area contributed by atoms with Gasteiger partial charge in [-0.15, -0.1) is 0 Å². The third-order valence-electron chi connectivity index (χ3n) is 7.41. The van der Waals surface area contributed by atoms with E-state index >= 15 is 4.39 Å². The van der Waals surface area contributed by atoms with Gasteiger partial charge in [-0.2, -0.15) is 0 Å². The van der Waals surface area contributed by atoms with E-state index in [2.05, 4.69) is 0 Å². The molecule has 35 heavy (non-hydrogen) atoms. The first-order chi connectivity index (χ1) is 16.4. The van der Waals surface area contributed by atoms with Gasteiger partial charge in [0.05, 0.1) is 5.56 Å². The zero-order chi connectivity index (χ0) is 25.8. The molecule has 9 nitrogen and oxygen atoms in total. The highest BCUT2D eigenvalue weighted by molar-refractivity contribution is 6.22. The third-order valence-corrected chi connectivity index (χ3v) is 7.41.